The lowest BCUT2D eigenvalue weighted by Crippen LogP contribution is -2.54. The lowest BCUT2D eigenvalue weighted by atomic mass is 9.72. The summed E-state index contributed by atoms with van der Waals surface area (Å²) in [5.41, 5.74) is 5.05. The smallest absolute Gasteiger partial charge is 0.00234 e. The minimum Gasteiger partial charge on any atom is -0.316 e. The summed E-state index contributed by atoms with van der Waals surface area (Å²) in [5, 5.41) is 3.45. The van der Waals surface area contributed by atoms with E-state index in [9.17, 15) is 0 Å². The quantitative estimate of drug-likeness (QED) is 0.816. The van der Waals surface area contributed by atoms with Crippen LogP contribution < -0.4 is 5.32 Å². The van der Waals surface area contributed by atoms with Gasteiger partial charge in [-0.1, -0.05) is 31.5 Å². The Morgan fingerprint density at radius 1 is 1.19 bits per heavy atom. The van der Waals surface area contributed by atoms with Gasteiger partial charge in [-0.15, -0.1) is 0 Å². The predicted molar refractivity (Wildman–Crippen MR) is 69.8 cm³/mol. The van der Waals surface area contributed by atoms with Crippen LogP contribution in [0.3, 0.4) is 0 Å². The molecule has 0 aliphatic carbocycles. The number of hydrogen-bond acceptors (Lipinski definition) is 1. The van der Waals surface area contributed by atoms with Crippen LogP contribution in [-0.2, 0) is 6.42 Å². The highest BCUT2D eigenvalue weighted by Crippen LogP contribution is 2.34. The van der Waals surface area contributed by atoms with Gasteiger partial charge in [0.2, 0.25) is 0 Å². The van der Waals surface area contributed by atoms with Crippen LogP contribution >= 0.6 is 0 Å². The minimum absolute atomic E-state index is 0.547. The molecule has 0 spiro atoms. The van der Waals surface area contributed by atoms with E-state index in [2.05, 4.69) is 44.3 Å². The first-order chi connectivity index (χ1) is 7.67. The first-order valence-corrected chi connectivity index (χ1v) is 6.43. The van der Waals surface area contributed by atoms with Crippen LogP contribution in [-0.4, -0.2) is 13.1 Å². The van der Waals surface area contributed by atoms with Crippen molar-refractivity contribution in [3.05, 3.63) is 34.9 Å². The van der Waals surface area contributed by atoms with E-state index in [0.717, 1.165) is 0 Å². The van der Waals surface area contributed by atoms with Crippen molar-refractivity contribution >= 4 is 0 Å². The van der Waals surface area contributed by atoms with Gasteiger partial charge in [-0.2, -0.15) is 0 Å². The molecule has 0 atom stereocenters. The fourth-order valence-corrected chi connectivity index (χ4v) is 2.90. The van der Waals surface area contributed by atoms with Gasteiger partial charge in [-0.05, 0) is 48.8 Å². The van der Waals surface area contributed by atoms with Crippen LogP contribution in [0.2, 0.25) is 0 Å². The van der Waals surface area contributed by atoms with Gasteiger partial charge in [-0.3, -0.25) is 0 Å². The van der Waals surface area contributed by atoms with Crippen molar-refractivity contribution < 1.29 is 0 Å². The molecule has 0 bridgehead atoms. The molecule has 1 aliphatic rings. The Labute approximate surface area is 99.3 Å². The number of benzene rings is 1. The molecule has 16 heavy (non-hydrogen) atoms. The average Bonchev–Trinajstić information content (AvgIpc) is 2.20. The van der Waals surface area contributed by atoms with E-state index in [1.54, 1.807) is 5.56 Å². The molecule has 1 heteroatoms. The van der Waals surface area contributed by atoms with Gasteiger partial charge < -0.3 is 5.32 Å². The Bertz CT molecular complexity index is 343. The fraction of sp³-hybridized carbons (Fsp3) is 0.600. The van der Waals surface area contributed by atoms with Crippen LogP contribution in [0.15, 0.2) is 18.2 Å². The molecule has 1 aromatic rings. The van der Waals surface area contributed by atoms with Gasteiger partial charge in [-0.25, -0.2) is 0 Å². The van der Waals surface area contributed by atoms with E-state index in [-0.39, 0.29) is 0 Å². The fourth-order valence-electron chi connectivity index (χ4n) is 2.90. The van der Waals surface area contributed by atoms with Crippen molar-refractivity contribution in [2.75, 3.05) is 13.1 Å². The summed E-state index contributed by atoms with van der Waals surface area (Å²) in [4.78, 5) is 0. The first-order valence-electron chi connectivity index (χ1n) is 6.43. The summed E-state index contributed by atoms with van der Waals surface area (Å²) < 4.78 is 0. The zero-order valence-electron chi connectivity index (χ0n) is 10.8. The molecule has 88 valence electrons. The lowest BCUT2D eigenvalue weighted by Gasteiger charge is -2.43. The Morgan fingerprint density at radius 3 is 2.25 bits per heavy atom. The molecule has 0 saturated carbocycles. The van der Waals surface area contributed by atoms with Gasteiger partial charge in [0, 0.05) is 13.1 Å². The van der Waals surface area contributed by atoms with Crippen molar-refractivity contribution in [2.24, 2.45) is 5.41 Å². The minimum atomic E-state index is 0.547. The number of aryl methyl sites for hydroxylation is 2. The number of rotatable bonds is 4. The standard InChI is InChI=1S/C15H23N/c1-4-8-15(10-16-11-15)9-14-12(2)6-5-7-13(14)3/h5-7,16H,4,8-11H2,1-3H3. The number of hydrogen-bond donors (Lipinski definition) is 1. The molecule has 1 aliphatic heterocycles. The van der Waals surface area contributed by atoms with Gasteiger partial charge in [0.1, 0.15) is 0 Å². The molecular weight excluding hydrogens is 194 g/mol. The molecule has 2 rings (SSSR count). The summed E-state index contributed by atoms with van der Waals surface area (Å²) in [6.45, 7) is 9.19. The molecule has 0 unspecified atom stereocenters. The van der Waals surface area contributed by atoms with E-state index in [0.29, 0.717) is 5.41 Å². The molecule has 1 N–H and O–H groups in total. The zero-order chi connectivity index (χ0) is 11.6. The van der Waals surface area contributed by atoms with Crippen molar-refractivity contribution in [3.8, 4) is 0 Å². The maximum Gasteiger partial charge on any atom is 0.00234 e. The van der Waals surface area contributed by atoms with E-state index >= 15 is 0 Å². The molecule has 0 amide bonds. The van der Waals surface area contributed by atoms with Crippen LogP contribution in [0.4, 0.5) is 0 Å². The second-order valence-electron chi connectivity index (χ2n) is 5.40. The van der Waals surface area contributed by atoms with Crippen LogP contribution in [0.25, 0.3) is 0 Å². The Kier molecular flexibility index (Phi) is 3.34. The van der Waals surface area contributed by atoms with Crippen LogP contribution in [0.5, 0.6) is 0 Å². The Balaban J connectivity index is 2.19. The predicted octanol–water partition coefficient (Wildman–Crippen LogP) is 3.24. The monoisotopic (exact) mass is 217 g/mol. The van der Waals surface area contributed by atoms with Crippen molar-refractivity contribution in [1.82, 2.24) is 5.32 Å². The molecule has 0 aromatic heterocycles. The Morgan fingerprint density at radius 2 is 1.81 bits per heavy atom. The van der Waals surface area contributed by atoms with Gasteiger partial charge in [0.15, 0.2) is 0 Å². The third-order valence-electron chi connectivity index (χ3n) is 3.98. The molecule has 1 fully saturated rings. The van der Waals surface area contributed by atoms with Crippen molar-refractivity contribution in [3.63, 3.8) is 0 Å². The number of nitrogens with one attached hydrogen (secondary N) is 1. The molecule has 1 saturated heterocycles. The maximum absolute atomic E-state index is 3.45. The summed E-state index contributed by atoms with van der Waals surface area (Å²) in [7, 11) is 0. The van der Waals surface area contributed by atoms with E-state index in [4.69, 9.17) is 0 Å². The topological polar surface area (TPSA) is 12.0 Å². The largest absolute Gasteiger partial charge is 0.316 e. The van der Waals surface area contributed by atoms with E-state index < -0.39 is 0 Å². The normalized spacial score (nSPS) is 18.2. The lowest BCUT2D eigenvalue weighted by molar-refractivity contribution is 0.150. The van der Waals surface area contributed by atoms with Gasteiger partial charge in [0.25, 0.3) is 0 Å². The summed E-state index contributed by atoms with van der Waals surface area (Å²) in [6, 6.07) is 6.65. The average molecular weight is 217 g/mol. The van der Waals surface area contributed by atoms with Gasteiger partial charge >= 0.3 is 0 Å². The van der Waals surface area contributed by atoms with E-state index in [1.807, 2.05) is 0 Å². The van der Waals surface area contributed by atoms with Gasteiger partial charge in [0.05, 0.1) is 0 Å². The maximum atomic E-state index is 3.45. The third-order valence-corrected chi connectivity index (χ3v) is 3.98. The second kappa shape index (κ2) is 4.58. The second-order valence-corrected chi connectivity index (χ2v) is 5.40. The molecule has 1 aromatic carbocycles. The highest BCUT2D eigenvalue weighted by atomic mass is 15.0. The summed E-state index contributed by atoms with van der Waals surface area (Å²) >= 11 is 0. The third kappa shape index (κ3) is 2.15. The highest BCUT2D eigenvalue weighted by molar-refractivity contribution is 5.34. The van der Waals surface area contributed by atoms with Crippen LogP contribution in [0.1, 0.15) is 36.5 Å². The molecular formula is C15H23N. The molecule has 1 heterocycles. The van der Waals surface area contributed by atoms with Crippen LogP contribution in [0, 0.1) is 19.3 Å². The molecule has 1 nitrogen and oxygen atoms in total. The summed E-state index contributed by atoms with van der Waals surface area (Å²) in [5.74, 6) is 0. The van der Waals surface area contributed by atoms with E-state index in [1.165, 1.54) is 43.5 Å². The first kappa shape index (κ1) is 11.7. The van der Waals surface area contributed by atoms with Crippen molar-refractivity contribution in [2.45, 2.75) is 40.0 Å². The highest BCUT2D eigenvalue weighted by Gasteiger charge is 2.36. The SMILES string of the molecule is CCCC1(Cc2c(C)cccc2C)CNC1. The molecule has 0 radical (unpaired) electrons. The Hall–Kier alpha value is -0.820. The van der Waals surface area contributed by atoms with Crippen molar-refractivity contribution in [1.29, 1.82) is 0 Å². The zero-order valence-corrected chi connectivity index (χ0v) is 10.8. The summed E-state index contributed by atoms with van der Waals surface area (Å²) in [6.07, 6.45) is 3.91.